The van der Waals surface area contributed by atoms with Crippen LogP contribution in [0.15, 0.2) is 48.7 Å². The minimum atomic E-state index is -1.18. The number of pyridine rings is 1. The molecular weight excluding hydrogens is 966 g/mol. The molecule has 1 saturated carbocycles. The number of piperidine rings is 1. The van der Waals surface area contributed by atoms with Gasteiger partial charge in [-0.2, -0.15) is 0 Å². The molecule has 2 aromatic carbocycles. The van der Waals surface area contributed by atoms with Crippen LogP contribution in [0, 0.1) is 24.0 Å². The van der Waals surface area contributed by atoms with Gasteiger partial charge in [0, 0.05) is 49.4 Å². The van der Waals surface area contributed by atoms with E-state index in [0.29, 0.717) is 37.9 Å². The standard InChI is InChI=1S/C46H61ClF2N6O16/c1-30-33(13-14-51-42(30)66-22-23-69-45(58)68-21-17-64-19-25-71-55(61)62)29-52(34-9-10-34)43(56)46(2)36(26-35-27-50-28-39(46)53(35)44(57)67-20-16-63-18-24-70-54(59)60)32-7-5-31(6-8-32)4-3-15-65-41-38(49)12-11-37(48)40(41)47/h5-8,11-14,34-36,39,50,59-62H,3-4,9-10,15-29H2,1-2H3. The fourth-order valence-electron chi connectivity index (χ4n) is 8.77. The second-order valence-corrected chi connectivity index (χ2v) is 17.4. The van der Waals surface area contributed by atoms with Crippen molar-refractivity contribution in [1.29, 1.82) is 0 Å². The summed E-state index contributed by atoms with van der Waals surface area (Å²) in [4.78, 5) is 58.6. The highest BCUT2D eigenvalue weighted by Gasteiger charge is 2.60. The largest absolute Gasteiger partial charge is 0.508 e. The number of piperazine rings is 1. The Morgan fingerprint density at radius 1 is 0.803 bits per heavy atom. The molecule has 2 saturated heterocycles. The molecule has 2 bridgehead atoms. The Hall–Kier alpha value is -5.09. The highest BCUT2D eigenvalue weighted by atomic mass is 35.5. The van der Waals surface area contributed by atoms with Crippen LogP contribution in [0.4, 0.5) is 18.4 Å². The SMILES string of the molecule is Cc1c(CN(C(=O)C2(C)C(c3ccc(CCCOc4c(F)ccc(F)c4Cl)cc3)CC3CNCC2N3C(=O)OCCOCCON(O)O)C2CC2)ccnc1OCCOC(=O)OCCOCCON(O)O. The third-order valence-electron chi connectivity index (χ3n) is 12.5. The fraction of sp³-hybridized carbons (Fsp3) is 0.565. The summed E-state index contributed by atoms with van der Waals surface area (Å²) in [6.45, 7) is 4.20. The molecule has 392 valence electrons. The van der Waals surface area contributed by atoms with Crippen LogP contribution >= 0.6 is 11.6 Å². The van der Waals surface area contributed by atoms with Crippen molar-refractivity contribution in [2.24, 2.45) is 5.41 Å². The first-order valence-corrected chi connectivity index (χ1v) is 23.5. The normalized spacial score (nSPS) is 19.7. The van der Waals surface area contributed by atoms with Crippen LogP contribution in [0.5, 0.6) is 11.6 Å². The number of aromatic nitrogens is 1. The van der Waals surface area contributed by atoms with Crippen LogP contribution in [0.2, 0.25) is 5.02 Å². The van der Waals surface area contributed by atoms with Gasteiger partial charge in [0.25, 0.3) is 0 Å². The lowest BCUT2D eigenvalue weighted by molar-refractivity contribution is -0.493. The average Bonchev–Trinajstić information content (AvgIpc) is 4.20. The van der Waals surface area contributed by atoms with Crippen LogP contribution in [-0.4, -0.2) is 168 Å². The number of carbonyl (C=O) groups excluding carboxylic acids is 3. The summed E-state index contributed by atoms with van der Waals surface area (Å²) in [5, 5.41) is 36.7. The second kappa shape index (κ2) is 27.1. The number of hydrogen-bond donors (Lipinski definition) is 5. The minimum absolute atomic E-state index is 0.00136. The summed E-state index contributed by atoms with van der Waals surface area (Å²) in [7, 11) is 0. The monoisotopic (exact) mass is 1030 g/mol. The quantitative estimate of drug-likeness (QED) is 0.0265. The van der Waals surface area contributed by atoms with Crippen LogP contribution in [0.25, 0.3) is 0 Å². The van der Waals surface area contributed by atoms with E-state index in [1.165, 1.54) is 0 Å². The number of aryl methyl sites for hydroxylation is 1. The molecule has 4 atom stereocenters. The molecule has 1 aromatic heterocycles. The summed E-state index contributed by atoms with van der Waals surface area (Å²) >= 11 is 5.94. The topological polar surface area (TPSA) is 253 Å². The van der Waals surface area contributed by atoms with E-state index in [-0.39, 0.29) is 115 Å². The zero-order chi connectivity index (χ0) is 50.9. The van der Waals surface area contributed by atoms with E-state index in [4.69, 9.17) is 65.6 Å². The minimum Gasteiger partial charge on any atom is -0.489 e. The first-order valence-electron chi connectivity index (χ1n) is 23.1. The second-order valence-electron chi connectivity index (χ2n) is 17.0. The molecule has 4 unspecified atom stereocenters. The smallest absolute Gasteiger partial charge is 0.489 e. The Kier molecular flexibility index (Phi) is 21.1. The molecule has 6 rings (SSSR count). The number of ether oxygens (including phenoxy) is 7. The zero-order valence-corrected chi connectivity index (χ0v) is 40.2. The van der Waals surface area contributed by atoms with Crippen molar-refractivity contribution in [3.8, 4) is 11.6 Å². The highest BCUT2D eigenvalue weighted by Crippen LogP contribution is 2.52. The third kappa shape index (κ3) is 15.5. The molecule has 71 heavy (non-hydrogen) atoms. The number of carbonyl (C=O) groups is 3. The average molecular weight is 1030 g/mol. The van der Waals surface area contributed by atoms with Crippen LogP contribution < -0.4 is 14.8 Å². The molecule has 3 aliphatic rings. The summed E-state index contributed by atoms with van der Waals surface area (Å²) < 4.78 is 66.0. The number of benzene rings is 2. The Bertz CT molecular complexity index is 2200. The van der Waals surface area contributed by atoms with Gasteiger partial charge in [-0.3, -0.25) is 30.5 Å². The Morgan fingerprint density at radius 3 is 2.10 bits per heavy atom. The number of halogens is 3. The number of hydrogen-bond acceptors (Lipinski definition) is 20. The van der Waals surface area contributed by atoms with Crippen molar-refractivity contribution in [1.82, 2.24) is 30.9 Å². The predicted molar refractivity (Wildman–Crippen MR) is 240 cm³/mol. The van der Waals surface area contributed by atoms with Gasteiger partial charge in [0.2, 0.25) is 11.8 Å². The number of nitrogens with one attached hydrogen (secondary N) is 1. The van der Waals surface area contributed by atoms with Gasteiger partial charge in [-0.05, 0) is 80.8 Å². The molecule has 3 fully saturated rings. The summed E-state index contributed by atoms with van der Waals surface area (Å²) in [6, 6.07) is 10.6. The summed E-state index contributed by atoms with van der Waals surface area (Å²) in [5.74, 6) is -2.06. The molecular formula is C46H61ClF2N6O16. The molecule has 2 amide bonds. The molecule has 25 heteroatoms. The van der Waals surface area contributed by atoms with E-state index >= 15 is 4.79 Å². The van der Waals surface area contributed by atoms with Gasteiger partial charge in [0.15, 0.2) is 11.6 Å². The predicted octanol–water partition coefficient (Wildman–Crippen LogP) is 5.39. The number of rotatable bonds is 28. The molecule has 2 aliphatic heterocycles. The van der Waals surface area contributed by atoms with Crippen molar-refractivity contribution in [2.75, 3.05) is 85.8 Å². The number of fused-ring (bicyclic) bond motifs is 2. The molecule has 22 nitrogen and oxygen atoms in total. The summed E-state index contributed by atoms with van der Waals surface area (Å²) in [6.07, 6.45) is 3.09. The van der Waals surface area contributed by atoms with Gasteiger partial charge in [-0.25, -0.2) is 33.0 Å². The van der Waals surface area contributed by atoms with Gasteiger partial charge < -0.3 is 43.4 Å². The van der Waals surface area contributed by atoms with Gasteiger partial charge in [-0.1, -0.05) is 35.9 Å². The fourth-order valence-corrected chi connectivity index (χ4v) is 8.98. The molecule has 1 aliphatic carbocycles. The summed E-state index contributed by atoms with van der Waals surface area (Å²) in [5.41, 5.74) is 2.15. The lowest BCUT2D eigenvalue weighted by Crippen LogP contribution is -2.72. The maximum atomic E-state index is 15.7. The highest BCUT2D eigenvalue weighted by molar-refractivity contribution is 6.32. The number of amides is 2. The van der Waals surface area contributed by atoms with Gasteiger partial charge >= 0.3 is 12.2 Å². The Labute approximate surface area is 413 Å². The van der Waals surface area contributed by atoms with E-state index in [1.807, 2.05) is 49.1 Å². The van der Waals surface area contributed by atoms with Crippen molar-refractivity contribution < 1.29 is 86.8 Å². The van der Waals surface area contributed by atoms with E-state index < -0.39 is 51.1 Å². The van der Waals surface area contributed by atoms with Crippen molar-refractivity contribution >= 4 is 29.8 Å². The maximum absolute atomic E-state index is 15.7. The first kappa shape index (κ1) is 55.2. The molecule has 3 heterocycles. The molecule has 0 radical (unpaired) electrons. The van der Waals surface area contributed by atoms with Gasteiger partial charge in [0.1, 0.15) is 37.3 Å². The van der Waals surface area contributed by atoms with Crippen LogP contribution in [-0.2, 0) is 51.1 Å². The maximum Gasteiger partial charge on any atom is 0.508 e. The zero-order valence-electron chi connectivity index (χ0n) is 39.4. The van der Waals surface area contributed by atoms with E-state index in [1.54, 1.807) is 11.1 Å². The lowest BCUT2D eigenvalue weighted by Gasteiger charge is -2.58. The third-order valence-corrected chi connectivity index (χ3v) is 12.8. The molecule has 0 spiro atoms. The van der Waals surface area contributed by atoms with E-state index in [0.717, 1.165) is 41.7 Å². The van der Waals surface area contributed by atoms with E-state index in [2.05, 4.69) is 20.0 Å². The van der Waals surface area contributed by atoms with Gasteiger partial charge in [0.05, 0.1) is 68.5 Å². The first-order chi connectivity index (χ1) is 34.2. The van der Waals surface area contributed by atoms with Gasteiger partial charge in [-0.15, -0.1) is 0 Å². The lowest BCUT2D eigenvalue weighted by atomic mass is 9.61. The van der Waals surface area contributed by atoms with Crippen molar-refractivity contribution in [3.05, 3.63) is 87.6 Å². The van der Waals surface area contributed by atoms with E-state index in [9.17, 15) is 18.4 Å². The Morgan fingerprint density at radius 2 is 1.44 bits per heavy atom. The van der Waals surface area contributed by atoms with Crippen LogP contribution in [0.1, 0.15) is 60.8 Å². The number of nitrogens with zero attached hydrogens (tertiary/aromatic N) is 5. The molecule has 5 N–H and O–H groups in total. The van der Waals surface area contributed by atoms with Crippen LogP contribution in [0.3, 0.4) is 0 Å². The van der Waals surface area contributed by atoms with Crippen molar-refractivity contribution in [2.45, 2.75) is 76.5 Å². The Balaban J connectivity index is 1.14. The molecule has 3 aromatic rings. The van der Waals surface area contributed by atoms with Crippen molar-refractivity contribution in [3.63, 3.8) is 0 Å².